The lowest BCUT2D eigenvalue weighted by atomic mass is 9.94. The molecule has 0 radical (unpaired) electrons. The highest BCUT2D eigenvalue weighted by molar-refractivity contribution is 5.79. The van der Waals surface area contributed by atoms with Gasteiger partial charge >= 0.3 is 0 Å². The van der Waals surface area contributed by atoms with Crippen LogP contribution in [-0.4, -0.2) is 5.78 Å². The Balaban J connectivity index is 2.55. The van der Waals surface area contributed by atoms with E-state index in [9.17, 15) is 4.79 Å². The number of Topliss-reactive ketones (excluding diaryl/α,β-unsaturated/α-hetero) is 1. The predicted molar refractivity (Wildman–Crippen MR) is 37.1 cm³/mol. The van der Waals surface area contributed by atoms with Gasteiger partial charge in [0.05, 0.1) is 0 Å². The molecule has 0 heterocycles. The van der Waals surface area contributed by atoms with Gasteiger partial charge in [0.1, 0.15) is 5.78 Å². The van der Waals surface area contributed by atoms with Crippen LogP contribution in [0.25, 0.3) is 0 Å². The van der Waals surface area contributed by atoms with Crippen molar-refractivity contribution in [2.75, 3.05) is 0 Å². The Morgan fingerprint density at radius 3 is 2.56 bits per heavy atom. The second-order valence-corrected chi connectivity index (χ2v) is 2.74. The van der Waals surface area contributed by atoms with Crippen LogP contribution in [0.2, 0.25) is 0 Å². The smallest absolute Gasteiger partial charge is 0.133 e. The van der Waals surface area contributed by atoms with Crippen molar-refractivity contribution >= 4 is 5.78 Å². The zero-order valence-electron chi connectivity index (χ0n) is 5.92. The van der Waals surface area contributed by atoms with E-state index in [0.717, 1.165) is 6.42 Å². The van der Waals surface area contributed by atoms with Gasteiger partial charge in [0.15, 0.2) is 0 Å². The second-order valence-electron chi connectivity index (χ2n) is 2.74. The van der Waals surface area contributed by atoms with Gasteiger partial charge in [-0.3, -0.25) is 4.79 Å². The predicted octanol–water partition coefficient (Wildman–Crippen LogP) is 1.79. The number of hydrogen-bond donors (Lipinski definition) is 0. The molecule has 1 rings (SSSR count). The summed E-state index contributed by atoms with van der Waals surface area (Å²) in [6.07, 6.45) is 5.17. The van der Waals surface area contributed by atoms with Crippen molar-refractivity contribution in [3.8, 4) is 0 Å². The minimum atomic E-state index is 0.282. The van der Waals surface area contributed by atoms with E-state index in [1.807, 2.05) is 0 Å². The number of carbonyl (C=O) groups is 1. The first kappa shape index (κ1) is 6.53. The topological polar surface area (TPSA) is 17.1 Å². The lowest BCUT2D eigenvalue weighted by Gasteiger charge is -2.09. The summed E-state index contributed by atoms with van der Waals surface area (Å²) < 4.78 is 0. The van der Waals surface area contributed by atoms with Crippen LogP contribution in [0, 0.1) is 11.8 Å². The summed E-state index contributed by atoms with van der Waals surface area (Å²) in [6, 6.07) is 0. The molecule has 0 aliphatic heterocycles. The molecule has 0 aromatic carbocycles. The van der Waals surface area contributed by atoms with Crippen molar-refractivity contribution in [3.63, 3.8) is 0 Å². The zero-order valence-corrected chi connectivity index (χ0v) is 5.92. The molecule has 0 saturated carbocycles. The van der Waals surface area contributed by atoms with Crippen LogP contribution in [-0.2, 0) is 4.79 Å². The summed E-state index contributed by atoms with van der Waals surface area (Å²) in [7, 11) is 0. The summed E-state index contributed by atoms with van der Waals surface area (Å²) in [4.78, 5) is 10.8. The summed E-state index contributed by atoms with van der Waals surface area (Å²) in [5.41, 5.74) is 0. The molecule has 9 heavy (non-hydrogen) atoms. The SMILES string of the molecule is CC(=O)C1CC=CC1C. The van der Waals surface area contributed by atoms with Crippen LogP contribution in [0.15, 0.2) is 12.2 Å². The molecule has 0 fully saturated rings. The van der Waals surface area contributed by atoms with Crippen LogP contribution in [0.4, 0.5) is 0 Å². The Hall–Kier alpha value is -0.590. The largest absolute Gasteiger partial charge is 0.300 e. The molecule has 50 valence electrons. The lowest BCUT2D eigenvalue weighted by Crippen LogP contribution is -2.13. The Kier molecular flexibility index (Phi) is 1.70. The van der Waals surface area contributed by atoms with Crippen LogP contribution in [0.5, 0.6) is 0 Å². The standard InChI is InChI=1S/C8H12O/c1-6-4-3-5-8(6)7(2)9/h3-4,6,8H,5H2,1-2H3. The minimum Gasteiger partial charge on any atom is -0.300 e. The fourth-order valence-electron chi connectivity index (χ4n) is 1.32. The first-order valence-corrected chi connectivity index (χ1v) is 3.39. The summed E-state index contributed by atoms with van der Waals surface area (Å²) in [6.45, 7) is 3.77. The maximum absolute atomic E-state index is 10.8. The minimum absolute atomic E-state index is 0.282. The molecule has 1 nitrogen and oxygen atoms in total. The molecule has 2 unspecified atom stereocenters. The van der Waals surface area contributed by atoms with Crippen molar-refractivity contribution in [2.24, 2.45) is 11.8 Å². The highest BCUT2D eigenvalue weighted by Gasteiger charge is 2.21. The van der Waals surface area contributed by atoms with Crippen LogP contribution in [0.1, 0.15) is 20.3 Å². The fraction of sp³-hybridized carbons (Fsp3) is 0.625. The average Bonchev–Trinajstić information content (AvgIpc) is 2.13. The summed E-state index contributed by atoms with van der Waals surface area (Å²) >= 11 is 0. The Bertz CT molecular complexity index is 147. The Morgan fingerprint density at radius 2 is 2.33 bits per heavy atom. The quantitative estimate of drug-likeness (QED) is 0.487. The lowest BCUT2D eigenvalue weighted by molar-refractivity contribution is -0.121. The Morgan fingerprint density at radius 1 is 1.67 bits per heavy atom. The monoisotopic (exact) mass is 124 g/mol. The van der Waals surface area contributed by atoms with Crippen molar-refractivity contribution < 1.29 is 4.79 Å². The molecule has 1 aliphatic rings. The van der Waals surface area contributed by atoms with E-state index in [-0.39, 0.29) is 5.92 Å². The first-order valence-electron chi connectivity index (χ1n) is 3.39. The molecule has 2 atom stereocenters. The third-order valence-electron chi connectivity index (χ3n) is 1.99. The molecule has 0 spiro atoms. The van der Waals surface area contributed by atoms with Crippen molar-refractivity contribution in [3.05, 3.63) is 12.2 Å². The molecule has 0 aromatic heterocycles. The van der Waals surface area contributed by atoms with Gasteiger partial charge in [-0.1, -0.05) is 19.1 Å². The summed E-state index contributed by atoms with van der Waals surface area (Å²) in [5, 5.41) is 0. The molecule has 0 N–H and O–H groups in total. The van der Waals surface area contributed by atoms with Gasteiger partial charge in [0.2, 0.25) is 0 Å². The summed E-state index contributed by atoms with van der Waals surface area (Å²) in [5.74, 6) is 1.08. The zero-order chi connectivity index (χ0) is 6.85. The van der Waals surface area contributed by atoms with E-state index in [0.29, 0.717) is 11.7 Å². The number of carbonyl (C=O) groups excluding carboxylic acids is 1. The molecule has 0 bridgehead atoms. The number of ketones is 1. The molecule has 0 saturated heterocycles. The van der Waals surface area contributed by atoms with Crippen molar-refractivity contribution in [1.29, 1.82) is 0 Å². The van der Waals surface area contributed by atoms with Crippen LogP contribution < -0.4 is 0 Å². The third kappa shape index (κ3) is 1.21. The first-order chi connectivity index (χ1) is 4.22. The van der Waals surface area contributed by atoms with Gasteiger partial charge in [-0.25, -0.2) is 0 Å². The average molecular weight is 124 g/mol. The van der Waals surface area contributed by atoms with Gasteiger partial charge in [-0.05, 0) is 19.3 Å². The van der Waals surface area contributed by atoms with E-state index in [2.05, 4.69) is 19.1 Å². The number of hydrogen-bond acceptors (Lipinski definition) is 1. The van der Waals surface area contributed by atoms with E-state index in [4.69, 9.17) is 0 Å². The maximum Gasteiger partial charge on any atom is 0.133 e. The van der Waals surface area contributed by atoms with Crippen molar-refractivity contribution in [1.82, 2.24) is 0 Å². The molecule has 1 aliphatic carbocycles. The fourth-order valence-corrected chi connectivity index (χ4v) is 1.32. The van der Waals surface area contributed by atoms with Gasteiger partial charge in [0.25, 0.3) is 0 Å². The molecular formula is C8H12O. The van der Waals surface area contributed by atoms with Gasteiger partial charge in [0, 0.05) is 5.92 Å². The number of allylic oxidation sites excluding steroid dienone is 2. The highest BCUT2D eigenvalue weighted by atomic mass is 16.1. The second kappa shape index (κ2) is 2.34. The molecule has 0 amide bonds. The normalized spacial score (nSPS) is 33.1. The number of rotatable bonds is 1. The molecular weight excluding hydrogens is 112 g/mol. The van der Waals surface area contributed by atoms with Gasteiger partial charge < -0.3 is 0 Å². The van der Waals surface area contributed by atoms with E-state index >= 15 is 0 Å². The maximum atomic E-state index is 10.8. The van der Waals surface area contributed by atoms with E-state index < -0.39 is 0 Å². The van der Waals surface area contributed by atoms with Crippen LogP contribution >= 0.6 is 0 Å². The van der Waals surface area contributed by atoms with Crippen LogP contribution in [0.3, 0.4) is 0 Å². The molecule has 0 aromatic rings. The highest BCUT2D eigenvalue weighted by Crippen LogP contribution is 2.24. The van der Waals surface area contributed by atoms with E-state index in [1.54, 1.807) is 6.92 Å². The van der Waals surface area contributed by atoms with Crippen molar-refractivity contribution in [2.45, 2.75) is 20.3 Å². The van der Waals surface area contributed by atoms with Gasteiger partial charge in [-0.15, -0.1) is 0 Å². The Labute approximate surface area is 55.8 Å². The molecule has 1 heteroatoms. The third-order valence-corrected chi connectivity index (χ3v) is 1.99. The van der Waals surface area contributed by atoms with Gasteiger partial charge in [-0.2, -0.15) is 0 Å². The van der Waals surface area contributed by atoms with E-state index in [1.165, 1.54) is 0 Å².